The second kappa shape index (κ2) is 32.4. The van der Waals surface area contributed by atoms with Gasteiger partial charge in [-0.3, -0.25) is 0 Å². The van der Waals surface area contributed by atoms with E-state index < -0.39 is 27.0 Å². The minimum atomic E-state index is -3.31. The molecule has 0 saturated heterocycles. The number of rotatable bonds is 12. The van der Waals surface area contributed by atoms with Crippen LogP contribution in [0, 0.1) is 0 Å². The Morgan fingerprint density at radius 1 is 0.217 bits per heavy atom. The highest BCUT2D eigenvalue weighted by Crippen LogP contribution is 2.61. The fraction of sp³-hybridized carbons (Fsp3) is 0.0154. The number of ether oxygens (including phenoxy) is 2. The SMILES string of the molecule is c1ccc(-c2ccc(-c3ccc(N(c4cccc5c4[Si](c4ccccc4)(c4ccccc4)c4ccccc4C54c5ccccc5Oc5ccccc54)c4cccc5oc6ccccc6c45)cc3)cc2)cc1.c1ccc([Si]2(c3ccccc3)c3ccccc3C3(c4ccccc4Oc4ccccc43)c3cccc(N(c4ccc5c(ccc6ccccc65)c4)c4cccc5c4sc4ccccc45)c32)cc1. The van der Waals surface area contributed by atoms with E-state index in [4.69, 9.17) is 13.9 Å². The largest absolute Gasteiger partial charge is 0.457 e. The van der Waals surface area contributed by atoms with Gasteiger partial charge in [-0.1, -0.05) is 431 Å². The van der Waals surface area contributed by atoms with Crippen molar-refractivity contribution in [3.63, 3.8) is 0 Å². The summed E-state index contributed by atoms with van der Waals surface area (Å²) in [6, 6.07) is 193. The van der Waals surface area contributed by atoms with Gasteiger partial charge in [0.15, 0.2) is 16.1 Å². The predicted octanol–water partition coefficient (Wildman–Crippen LogP) is 28.6. The van der Waals surface area contributed by atoms with Gasteiger partial charge in [0.25, 0.3) is 0 Å². The molecule has 4 aliphatic heterocycles. The van der Waals surface area contributed by atoms with Crippen molar-refractivity contribution in [2.45, 2.75) is 10.8 Å². The van der Waals surface area contributed by atoms with Crippen molar-refractivity contribution in [1.29, 1.82) is 0 Å². The van der Waals surface area contributed by atoms with Crippen molar-refractivity contribution in [2.24, 2.45) is 0 Å². The van der Waals surface area contributed by atoms with Crippen LogP contribution >= 0.6 is 11.3 Å². The molecule has 6 heterocycles. The van der Waals surface area contributed by atoms with Crippen LogP contribution in [0.25, 0.3) is 85.9 Å². The Balaban J connectivity index is 0.000000139. The highest BCUT2D eigenvalue weighted by atomic mass is 32.1. The first-order valence-electron chi connectivity index (χ1n) is 47.5. The quantitative estimate of drug-likeness (QED) is 0.0900. The van der Waals surface area contributed by atoms with E-state index in [1.165, 1.54) is 122 Å². The van der Waals surface area contributed by atoms with E-state index in [9.17, 15) is 0 Å². The van der Waals surface area contributed by atoms with Gasteiger partial charge in [-0.05, 0) is 199 Å². The summed E-state index contributed by atoms with van der Waals surface area (Å²) in [4.78, 5) is 5.16. The summed E-state index contributed by atoms with van der Waals surface area (Å²) in [5, 5.41) is 20.4. The van der Waals surface area contributed by atoms with Gasteiger partial charge in [-0.25, -0.2) is 0 Å². The van der Waals surface area contributed by atoms with Gasteiger partial charge in [-0.2, -0.15) is 0 Å². The topological polar surface area (TPSA) is 38.1 Å². The molecule has 138 heavy (non-hydrogen) atoms. The maximum atomic E-state index is 6.92. The van der Waals surface area contributed by atoms with E-state index in [1.807, 2.05) is 11.3 Å². The minimum Gasteiger partial charge on any atom is -0.457 e. The smallest absolute Gasteiger partial charge is 0.182 e. The third-order valence-corrected chi connectivity index (χ3v) is 40.8. The van der Waals surface area contributed by atoms with Crippen molar-refractivity contribution in [3.8, 4) is 45.3 Å². The zero-order chi connectivity index (χ0) is 91.0. The Labute approximate surface area is 806 Å². The van der Waals surface area contributed by atoms with Gasteiger partial charge in [0.1, 0.15) is 34.2 Å². The summed E-state index contributed by atoms with van der Waals surface area (Å²) in [7, 11) is -6.58. The molecule has 2 aromatic heterocycles. The molecule has 0 atom stereocenters. The van der Waals surface area contributed by atoms with Crippen molar-refractivity contribution in [3.05, 3.63) is 566 Å². The third-order valence-electron chi connectivity index (χ3n) is 29.7. The van der Waals surface area contributed by atoms with Crippen LogP contribution in [0.1, 0.15) is 44.5 Å². The summed E-state index contributed by atoms with van der Waals surface area (Å²) in [5.74, 6) is 3.50. The Bertz CT molecular complexity index is 8760. The van der Waals surface area contributed by atoms with Crippen LogP contribution in [0.5, 0.6) is 23.0 Å². The first-order chi connectivity index (χ1) is 68.5. The van der Waals surface area contributed by atoms with E-state index in [-0.39, 0.29) is 0 Å². The molecule has 0 unspecified atom stereocenters. The predicted molar refractivity (Wildman–Crippen MR) is 579 cm³/mol. The fourth-order valence-electron chi connectivity index (χ4n) is 24.2. The molecule has 0 radical (unpaired) electrons. The molecule has 8 heteroatoms. The molecule has 28 rings (SSSR count). The van der Waals surface area contributed by atoms with E-state index in [0.717, 1.165) is 107 Å². The Morgan fingerprint density at radius 3 is 1.09 bits per heavy atom. The Hall–Kier alpha value is -17.0. The number of anilines is 6. The number of para-hydroxylation sites is 5. The van der Waals surface area contributed by atoms with Crippen LogP contribution in [0.2, 0.25) is 0 Å². The lowest BCUT2D eigenvalue weighted by atomic mass is 9.63. The van der Waals surface area contributed by atoms with Crippen molar-refractivity contribution in [2.75, 3.05) is 9.80 Å². The summed E-state index contributed by atoms with van der Waals surface area (Å²) in [6.45, 7) is 0. The molecular formula is C130H86N2O3SSi2. The van der Waals surface area contributed by atoms with Gasteiger partial charge in [0.2, 0.25) is 0 Å². The molecule has 0 aliphatic carbocycles. The number of benzene rings is 22. The number of fused-ring (bicyclic) bond motifs is 25. The van der Waals surface area contributed by atoms with Crippen LogP contribution < -0.4 is 60.8 Å². The van der Waals surface area contributed by atoms with Crippen LogP contribution in [0.4, 0.5) is 34.1 Å². The highest BCUT2D eigenvalue weighted by Gasteiger charge is 2.61. The molecule has 24 aromatic rings. The minimum absolute atomic E-state index is 0.717. The molecule has 648 valence electrons. The number of nitrogens with zero attached hydrogens (tertiary/aromatic N) is 2. The lowest BCUT2D eigenvalue weighted by Crippen LogP contribution is -2.79. The second-order valence-electron chi connectivity index (χ2n) is 36.5. The highest BCUT2D eigenvalue weighted by molar-refractivity contribution is 7.26. The molecule has 0 bridgehead atoms. The van der Waals surface area contributed by atoms with Gasteiger partial charge >= 0.3 is 0 Å². The third kappa shape index (κ3) is 12.0. The lowest BCUT2D eigenvalue weighted by molar-refractivity contribution is 0.435. The van der Waals surface area contributed by atoms with Crippen molar-refractivity contribution < 1.29 is 13.9 Å². The fourth-order valence-corrected chi connectivity index (χ4v) is 36.4. The molecule has 0 N–H and O–H groups in total. The summed E-state index contributed by atoms with van der Waals surface area (Å²) in [5.41, 5.74) is 21.3. The zero-order valence-electron chi connectivity index (χ0n) is 75.2. The number of hydrogen-bond donors (Lipinski definition) is 0. The van der Waals surface area contributed by atoms with Crippen LogP contribution in [-0.2, 0) is 10.8 Å². The van der Waals surface area contributed by atoms with E-state index in [1.54, 1.807) is 0 Å². The second-order valence-corrected chi connectivity index (χ2v) is 44.9. The van der Waals surface area contributed by atoms with Gasteiger partial charge in [0, 0.05) is 65.9 Å². The normalized spacial score (nSPS) is 13.9. The van der Waals surface area contributed by atoms with Crippen LogP contribution in [0.3, 0.4) is 0 Å². The Kier molecular flexibility index (Phi) is 18.9. The first-order valence-corrected chi connectivity index (χ1v) is 52.3. The zero-order valence-corrected chi connectivity index (χ0v) is 78.0. The molecule has 5 nitrogen and oxygen atoms in total. The van der Waals surface area contributed by atoms with Gasteiger partial charge in [0.05, 0.1) is 32.3 Å². The monoisotopic (exact) mass is 1810 g/mol. The first kappa shape index (κ1) is 80.6. The van der Waals surface area contributed by atoms with Crippen molar-refractivity contribution in [1.82, 2.24) is 0 Å². The van der Waals surface area contributed by atoms with Gasteiger partial charge < -0.3 is 23.7 Å². The van der Waals surface area contributed by atoms with E-state index in [0.29, 0.717) is 0 Å². The molecule has 0 saturated carbocycles. The molecule has 0 amide bonds. The molecule has 0 fully saturated rings. The number of thiophene rings is 1. The summed E-state index contributed by atoms with van der Waals surface area (Å²) in [6.07, 6.45) is 0. The van der Waals surface area contributed by atoms with E-state index >= 15 is 0 Å². The summed E-state index contributed by atoms with van der Waals surface area (Å²) < 4.78 is 23.1. The van der Waals surface area contributed by atoms with Crippen LogP contribution in [0.15, 0.2) is 526 Å². The molecule has 22 aromatic carbocycles. The van der Waals surface area contributed by atoms with Crippen LogP contribution in [-0.4, -0.2) is 16.1 Å². The lowest BCUT2D eigenvalue weighted by Gasteiger charge is -2.52. The summed E-state index contributed by atoms with van der Waals surface area (Å²) >= 11 is 1.89. The van der Waals surface area contributed by atoms with E-state index in [2.05, 4.69) is 532 Å². The maximum absolute atomic E-state index is 6.92. The Morgan fingerprint density at radius 2 is 0.565 bits per heavy atom. The van der Waals surface area contributed by atoms with Gasteiger partial charge in [-0.15, -0.1) is 11.3 Å². The number of hydrogen-bond acceptors (Lipinski definition) is 6. The molecule has 2 spiro atoms. The molecule has 4 aliphatic rings. The maximum Gasteiger partial charge on any atom is 0.182 e. The number of furan rings is 1. The average molecular weight is 1810 g/mol. The standard InChI is InChI=1S/C67H45NO2Si.C63H41NOSSi/c1-4-20-46(21-5-1)47-38-40-48(41-39-47)49-42-44-50(45-43-49)68(58-31-19-36-63-65(58)53-26-10-14-33-60(53)69-63)59-32-18-30-57-66(59)71(51-22-6-2-7-23-51,52-24-8-3-9-25-52)64-37-17-13-29-56(64)67(57)54-27-11-15-34-61(54)70-62-35-16-12-28-55(62)67;1-3-20-45(21-4-1)67(46-22-5-2-6-23-46)60-36-16-12-29-53(60)63(51-27-10-13-33-57(51)65-58-34-14-11-28-52(58)63)54-30-18-32-56(62(54)67)64(55-31-17-26-50-49-25-9-15-35-59(49)66-61(50)55)44-39-40-48-43(41-44)38-37-42-19-7-8-24-47(42)48/h1-45H;1-41H. The van der Waals surface area contributed by atoms with Crippen molar-refractivity contribution >= 4 is 167 Å². The average Bonchev–Trinajstić information content (AvgIpc) is 0.743. The molecular weight excluding hydrogens is 1730 g/mol.